The average molecular weight is 539 g/mol. The van der Waals surface area contributed by atoms with Gasteiger partial charge in [0.1, 0.15) is 12.1 Å². The summed E-state index contributed by atoms with van der Waals surface area (Å²) in [6, 6.07) is 10.2. The maximum atomic E-state index is 13.3. The highest BCUT2D eigenvalue weighted by Gasteiger charge is 2.28. The van der Waals surface area contributed by atoms with Crippen molar-refractivity contribution in [3.63, 3.8) is 0 Å². The Morgan fingerprint density at radius 3 is 2.57 bits per heavy atom. The van der Waals surface area contributed by atoms with Crippen LogP contribution < -0.4 is 10.5 Å². The van der Waals surface area contributed by atoms with Gasteiger partial charge in [0.25, 0.3) is 11.5 Å². The van der Waals surface area contributed by atoms with E-state index in [9.17, 15) is 14.4 Å². The molecule has 0 aliphatic heterocycles. The monoisotopic (exact) mass is 538 g/mol. The van der Waals surface area contributed by atoms with Gasteiger partial charge in [-0.25, -0.2) is 0 Å². The summed E-state index contributed by atoms with van der Waals surface area (Å²) in [7, 11) is 1.87. The number of hydrogen-bond acceptors (Lipinski definition) is 7. The number of hydrogen-bond donors (Lipinski definition) is 0. The fraction of sp³-hybridized carbons (Fsp3) is 0.259. The molecule has 0 unspecified atom stereocenters. The Morgan fingerprint density at radius 1 is 1.22 bits per heavy atom. The first-order valence-electron chi connectivity index (χ1n) is 11.5. The van der Waals surface area contributed by atoms with Crippen molar-refractivity contribution < 1.29 is 14.0 Å². The van der Waals surface area contributed by atoms with Crippen LogP contribution in [0, 0.1) is 5.41 Å². The summed E-state index contributed by atoms with van der Waals surface area (Å²) in [5.41, 5.74) is 0.737. The molecule has 0 radical (unpaired) electrons. The topological polar surface area (TPSA) is 90.3 Å². The van der Waals surface area contributed by atoms with Crippen molar-refractivity contribution >= 4 is 46.5 Å². The quantitative estimate of drug-likeness (QED) is 0.261. The molecule has 4 aromatic heterocycles. The molecule has 0 bridgehead atoms. The number of rotatable bonds is 8. The number of ketones is 1. The smallest absolute Gasteiger partial charge is 0.254 e. The van der Waals surface area contributed by atoms with Crippen LogP contribution in [-0.2, 0) is 13.1 Å². The highest BCUT2D eigenvalue weighted by Crippen LogP contribution is 2.30. The molecule has 37 heavy (non-hydrogen) atoms. The predicted octanol–water partition coefficient (Wildman–Crippen LogP) is 5.87. The van der Waals surface area contributed by atoms with E-state index < -0.39 is 5.41 Å². The SMILES string of the molecule is C=Cc1cc(-c2cc(N(C)Cc3ccc(Cl)s3)n(C(=O)C(C)(C)C)n2)cc(=O)n1CC(=O)c1ccoc1. The number of carbonyl (C=O) groups excluding carboxylic acids is 2. The Labute approximate surface area is 223 Å². The van der Waals surface area contributed by atoms with Crippen LogP contribution in [0.1, 0.15) is 46.5 Å². The molecular weight excluding hydrogens is 512 g/mol. The van der Waals surface area contributed by atoms with Crippen molar-refractivity contribution in [2.24, 2.45) is 5.41 Å². The number of furan rings is 1. The molecule has 4 rings (SSSR count). The third-order valence-electron chi connectivity index (χ3n) is 5.75. The molecule has 0 atom stereocenters. The van der Waals surface area contributed by atoms with E-state index in [-0.39, 0.29) is 23.8 Å². The Hall–Kier alpha value is -3.69. The zero-order valence-electron chi connectivity index (χ0n) is 21.0. The number of halogens is 1. The lowest BCUT2D eigenvalue weighted by molar-refractivity contribution is 0.0751. The molecule has 0 saturated heterocycles. The lowest BCUT2D eigenvalue weighted by atomic mass is 9.96. The summed E-state index contributed by atoms with van der Waals surface area (Å²) >= 11 is 7.56. The molecule has 0 N–H and O–H groups in total. The molecule has 0 aromatic carbocycles. The van der Waals surface area contributed by atoms with Gasteiger partial charge in [0.2, 0.25) is 0 Å². The van der Waals surface area contributed by atoms with Crippen LogP contribution in [0.4, 0.5) is 5.82 Å². The normalized spacial score (nSPS) is 11.5. The maximum absolute atomic E-state index is 13.3. The number of aromatic nitrogens is 3. The van der Waals surface area contributed by atoms with Gasteiger partial charge in [0.05, 0.1) is 34.9 Å². The molecule has 0 saturated carbocycles. The molecule has 0 aliphatic carbocycles. The van der Waals surface area contributed by atoms with Crippen LogP contribution >= 0.6 is 22.9 Å². The van der Waals surface area contributed by atoms with E-state index in [1.807, 2.05) is 44.9 Å². The molecule has 4 heterocycles. The van der Waals surface area contributed by atoms with Crippen molar-refractivity contribution in [1.29, 1.82) is 0 Å². The van der Waals surface area contributed by atoms with E-state index in [0.29, 0.717) is 39.2 Å². The Morgan fingerprint density at radius 2 is 1.97 bits per heavy atom. The van der Waals surface area contributed by atoms with Gasteiger partial charge in [-0.15, -0.1) is 11.3 Å². The van der Waals surface area contributed by atoms with Crippen LogP contribution in [0.2, 0.25) is 4.34 Å². The first-order chi connectivity index (χ1) is 17.5. The third-order valence-corrected chi connectivity index (χ3v) is 6.96. The van der Waals surface area contributed by atoms with Gasteiger partial charge in [0.15, 0.2) is 5.78 Å². The largest absolute Gasteiger partial charge is 0.472 e. The minimum Gasteiger partial charge on any atom is -0.472 e. The molecule has 0 amide bonds. The summed E-state index contributed by atoms with van der Waals surface area (Å²) < 4.78 is 8.39. The average Bonchev–Trinajstić information content (AvgIpc) is 3.60. The number of nitrogens with zero attached hydrogens (tertiary/aromatic N) is 4. The molecule has 4 aromatic rings. The fourth-order valence-corrected chi connectivity index (χ4v) is 4.91. The van der Waals surface area contributed by atoms with Gasteiger partial charge in [0, 0.05) is 40.7 Å². The number of thiophene rings is 1. The van der Waals surface area contributed by atoms with Crippen molar-refractivity contribution in [3.05, 3.63) is 86.3 Å². The molecule has 0 spiro atoms. The van der Waals surface area contributed by atoms with E-state index in [1.54, 1.807) is 18.2 Å². The number of carbonyl (C=O) groups is 2. The Balaban J connectivity index is 1.74. The second-order valence-electron chi connectivity index (χ2n) is 9.65. The summed E-state index contributed by atoms with van der Waals surface area (Å²) in [6.07, 6.45) is 4.26. The van der Waals surface area contributed by atoms with Crippen LogP contribution in [-0.4, -0.2) is 33.1 Å². The zero-order chi connectivity index (χ0) is 26.9. The third kappa shape index (κ3) is 5.68. The van der Waals surface area contributed by atoms with Gasteiger partial charge >= 0.3 is 0 Å². The molecule has 0 fully saturated rings. The fourth-order valence-electron chi connectivity index (χ4n) is 3.76. The van der Waals surface area contributed by atoms with Crippen LogP contribution in [0.15, 0.2) is 64.7 Å². The van der Waals surface area contributed by atoms with Gasteiger partial charge in [-0.1, -0.05) is 39.0 Å². The summed E-state index contributed by atoms with van der Waals surface area (Å²) in [4.78, 5) is 41.9. The Kier molecular flexibility index (Phi) is 7.38. The second kappa shape index (κ2) is 10.4. The van der Waals surface area contributed by atoms with Crippen LogP contribution in [0.3, 0.4) is 0 Å². The van der Waals surface area contributed by atoms with Crippen LogP contribution in [0.25, 0.3) is 17.3 Å². The van der Waals surface area contributed by atoms with Gasteiger partial charge < -0.3 is 13.9 Å². The number of anilines is 1. The minimum atomic E-state index is -0.686. The standard InChI is InChI=1S/C27H27ClN4O4S/c1-6-19-11-18(12-25(34)31(19)15-22(33)17-9-10-36-16-17)21-13-24(32(29-21)26(35)27(2,3)4)30(5)14-20-7-8-23(28)37-20/h6-13,16H,1,14-15H2,2-5H3. The highest BCUT2D eigenvalue weighted by molar-refractivity contribution is 7.16. The molecule has 8 nitrogen and oxygen atoms in total. The second-order valence-corrected chi connectivity index (χ2v) is 11.4. The van der Waals surface area contributed by atoms with E-state index in [1.165, 1.54) is 45.3 Å². The Bertz CT molecular complexity index is 1520. The summed E-state index contributed by atoms with van der Waals surface area (Å²) in [6.45, 7) is 9.66. The minimum absolute atomic E-state index is 0.158. The maximum Gasteiger partial charge on any atom is 0.254 e. The lowest BCUT2D eigenvalue weighted by Crippen LogP contribution is -2.31. The van der Waals surface area contributed by atoms with Crippen molar-refractivity contribution in [1.82, 2.24) is 14.3 Å². The molecule has 10 heteroatoms. The molecular formula is C27H27ClN4O4S. The van der Waals surface area contributed by atoms with Crippen molar-refractivity contribution in [2.75, 3.05) is 11.9 Å². The van der Waals surface area contributed by atoms with Crippen LogP contribution in [0.5, 0.6) is 0 Å². The van der Waals surface area contributed by atoms with Crippen molar-refractivity contribution in [3.8, 4) is 11.3 Å². The molecule has 0 aliphatic rings. The van der Waals surface area contributed by atoms with E-state index in [2.05, 4.69) is 11.7 Å². The summed E-state index contributed by atoms with van der Waals surface area (Å²) in [5.74, 6) is 0.135. The summed E-state index contributed by atoms with van der Waals surface area (Å²) in [5, 5.41) is 4.60. The van der Waals surface area contributed by atoms with E-state index >= 15 is 0 Å². The zero-order valence-corrected chi connectivity index (χ0v) is 22.6. The lowest BCUT2D eigenvalue weighted by Gasteiger charge is -2.22. The van der Waals surface area contributed by atoms with Gasteiger partial charge in [-0.2, -0.15) is 9.78 Å². The first kappa shape index (κ1) is 26.4. The number of Topliss-reactive ketones (excluding diaryl/α,β-unsaturated/α-hetero) is 1. The molecule has 192 valence electrons. The van der Waals surface area contributed by atoms with E-state index in [0.717, 1.165) is 4.88 Å². The number of pyridine rings is 1. The highest BCUT2D eigenvalue weighted by atomic mass is 35.5. The first-order valence-corrected chi connectivity index (χ1v) is 12.7. The predicted molar refractivity (Wildman–Crippen MR) is 147 cm³/mol. The van der Waals surface area contributed by atoms with Gasteiger partial charge in [-0.05, 0) is 30.3 Å². The van der Waals surface area contributed by atoms with Gasteiger partial charge in [-0.3, -0.25) is 14.4 Å². The van der Waals surface area contributed by atoms with E-state index in [4.69, 9.17) is 16.0 Å². The van der Waals surface area contributed by atoms with Crippen molar-refractivity contribution in [2.45, 2.75) is 33.9 Å².